The standard InChI is InChI=1S/C14H21N3O3/c1-10(2)13(18)16-11-4-6-12(7-5-11)17-14(19)15-8-9-20-3/h4-7,10H,8-9H2,1-3H3,(H,16,18)(H2,15,17,19). The maximum Gasteiger partial charge on any atom is 0.319 e. The van der Waals surface area contributed by atoms with Gasteiger partial charge >= 0.3 is 6.03 Å². The van der Waals surface area contributed by atoms with Gasteiger partial charge in [-0.05, 0) is 24.3 Å². The molecule has 20 heavy (non-hydrogen) atoms. The smallest absolute Gasteiger partial charge is 0.319 e. The quantitative estimate of drug-likeness (QED) is 0.697. The Bertz CT molecular complexity index is 443. The molecule has 0 spiro atoms. The van der Waals surface area contributed by atoms with Gasteiger partial charge in [0.25, 0.3) is 0 Å². The van der Waals surface area contributed by atoms with Gasteiger partial charge in [0.15, 0.2) is 0 Å². The zero-order valence-corrected chi connectivity index (χ0v) is 12.0. The third-order valence-corrected chi connectivity index (χ3v) is 2.53. The number of benzene rings is 1. The van der Waals surface area contributed by atoms with Crippen molar-refractivity contribution in [2.45, 2.75) is 13.8 Å². The number of hydrogen-bond donors (Lipinski definition) is 3. The van der Waals surface area contributed by atoms with Crippen LogP contribution in [0.25, 0.3) is 0 Å². The molecule has 110 valence electrons. The van der Waals surface area contributed by atoms with E-state index in [-0.39, 0.29) is 17.9 Å². The molecule has 0 saturated heterocycles. The molecular weight excluding hydrogens is 258 g/mol. The molecule has 0 aliphatic rings. The van der Waals surface area contributed by atoms with Crippen molar-refractivity contribution < 1.29 is 14.3 Å². The SMILES string of the molecule is COCCNC(=O)Nc1ccc(NC(=O)C(C)C)cc1. The predicted molar refractivity (Wildman–Crippen MR) is 78.8 cm³/mol. The van der Waals surface area contributed by atoms with Gasteiger partial charge in [-0.3, -0.25) is 4.79 Å². The summed E-state index contributed by atoms with van der Waals surface area (Å²) in [7, 11) is 1.57. The molecule has 0 unspecified atom stereocenters. The Kier molecular flexibility index (Phi) is 6.52. The number of methoxy groups -OCH3 is 1. The highest BCUT2D eigenvalue weighted by Gasteiger charge is 2.07. The van der Waals surface area contributed by atoms with Crippen molar-refractivity contribution in [3.05, 3.63) is 24.3 Å². The van der Waals surface area contributed by atoms with Gasteiger partial charge in [-0.25, -0.2) is 4.79 Å². The van der Waals surface area contributed by atoms with E-state index in [0.29, 0.717) is 24.5 Å². The molecule has 0 atom stereocenters. The van der Waals surface area contributed by atoms with Crippen LogP contribution in [0, 0.1) is 5.92 Å². The van der Waals surface area contributed by atoms with Crippen LogP contribution in [-0.4, -0.2) is 32.2 Å². The van der Waals surface area contributed by atoms with Crippen molar-refractivity contribution in [2.24, 2.45) is 5.92 Å². The lowest BCUT2D eigenvalue weighted by molar-refractivity contribution is -0.118. The number of carbonyl (C=O) groups is 2. The second kappa shape index (κ2) is 8.16. The molecule has 1 aromatic carbocycles. The summed E-state index contributed by atoms with van der Waals surface area (Å²) < 4.78 is 4.83. The normalized spacial score (nSPS) is 10.2. The van der Waals surface area contributed by atoms with Gasteiger partial charge in [0.2, 0.25) is 5.91 Å². The van der Waals surface area contributed by atoms with E-state index < -0.39 is 0 Å². The predicted octanol–water partition coefficient (Wildman–Crippen LogP) is 2.05. The second-order valence-electron chi connectivity index (χ2n) is 4.60. The fourth-order valence-electron chi connectivity index (χ4n) is 1.37. The molecule has 3 amide bonds. The Labute approximate surface area is 118 Å². The van der Waals surface area contributed by atoms with Gasteiger partial charge < -0.3 is 20.7 Å². The number of rotatable bonds is 6. The van der Waals surface area contributed by atoms with Crippen molar-refractivity contribution in [1.82, 2.24) is 5.32 Å². The summed E-state index contributed by atoms with van der Waals surface area (Å²) in [6, 6.07) is 6.65. The van der Waals surface area contributed by atoms with Crippen molar-refractivity contribution >= 4 is 23.3 Å². The lowest BCUT2D eigenvalue weighted by Crippen LogP contribution is -2.31. The molecule has 0 radical (unpaired) electrons. The molecule has 0 aromatic heterocycles. The van der Waals surface area contributed by atoms with Crippen LogP contribution in [0.2, 0.25) is 0 Å². The first kappa shape index (κ1) is 16.0. The van der Waals surface area contributed by atoms with Crippen LogP contribution in [0.4, 0.5) is 16.2 Å². The molecule has 1 aromatic rings. The van der Waals surface area contributed by atoms with Gasteiger partial charge in [-0.15, -0.1) is 0 Å². The molecule has 0 fully saturated rings. The molecule has 6 nitrogen and oxygen atoms in total. The van der Waals surface area contributed by atoms with Gasteiger partial charge in [-0.2, -0.15) is 0 Å². The van der Waals surface area contributed by atoms with E-state index in [1.807, 2.05) is 13.8 Å². The monoisotopic (exact) mass is 279 g/mol. The average Bonchev–Trinajstić information content (AvgIpc) is 2.41. The molecule has 0 aliphatic carbocycles. The van der Waals surface area contributed by atoms with Crippen molar-refractivity contribution in [1.29, 1.82) is 0 Å². The van der Waals surface area contributed by atoms with E-state index in [9.17, 15) is 9.59 Å². The number of amides is 3. The molecular formula is C14H21N3O3. The highest BCUT2D eigenvalue weighted by molar-refractivity contribution is 5.93. The van der Waals surface area contributed by atoms with Crippen LogP contribution in [0.1, 0.15) is 13.8 Å². The summed E-state index contributed by atoms with van der Waals surface area (Å²) >= 11 is 0. The number of carbonyl (C=O) groups excluding carboxylic acids is 2. The maximum absolute atomic E-state index is 11.5. The van der Waals surface area contributed by atoms with Crippen molar-refractivity contribution in [3.8, 4) is 0 Å². The largest absolute Gasteiger partial charge is 0.383 e. The summed E-state index contributed by atoms with van der Waals surface area (Å²) in [5.41, 5.74) is 1.36. The van der Waals surface area contributed by atoms with E-state index in [2.05, 4.69) is 16.0 Å². The van der Waals surface area contributed by atoms with Gasteiger partial charge in [0, 0.05) is 30.9 Å². The van der Waals surface area contributed by atoms with Crippen LogP contribution in [0.5, 0.6) is 0 Å². The summed E-state index contributed by atoms with van der Waals surface area (Å²) in [4.78, 5) is 23.0. The number of anilines is 2. The minimum Gasteiger partial charge on any atom is -0.383 e. The zero-order chi connectivity index (χ0) is 15.0. The summed E-state index contributed by atoms with van der Waals surface area (Å²) in [5.74, 6) is -0.109. The minimum absolute atomic E-state index is 0.0389. The van der Waals surface area contributed by atoms with Crippen LogP contribution < -0.4 is 16.0 Å². The molecule has 0 aliphatic heterocycles. The molecule has 3 N–H and O–H groups in total. The van der Waals surface area contributed by atoms with E-state index >= 15 is 0 Å². The maximum atomic E-state index is 11.5. The van der Waals surface area contributed by atoms with Gasteiger partial charge in [0.05, 0.1) is 6.61 Å². The third-order valence-electron chi connectivity index (χ3n) is 2.53. The molecule has 1 rings (SSSR count). The zero-order valence-electron chi connectivity index (χ0n) is 12.0. The Balaban J connectivity index is 2.46. The van der Waals surface area contributed by atoms with Crippen LogP contribution in [0.15, 0.2) is 24.3 Å². The lowest BCUT2D eigenvalue weighted by Gasteiger charge is -2.10. The molecule has 0 heterocycles. The second-order valence-corrected chi connectivity index (χ2v) is 4.60. The highest BCUT2D eigenvalue weighted by Crippen LogP contribution is 2.14. The minimum atomic E-state index is -0.291. The van der Waals surface area contributed by atoms with Crippen LogP contribution >= 0.6 is 0 Å². The first-order valence-electron chi connectivity index (χ1n) is 6.47. The average molecular weight is 279 g/mol. The van der Waals surface area contributed by atoms with E-state index in [1.165, 1.54) is 0 Å². The number of ether oxygens (including phenoxy) is 1. The Morgan fingerprint density at radius 3 is 2.15 bits per heavy atom. The topological polar surface area (TPSA) is 79.5 Å². The molecule has 0 saturated carbocycles. The summed E-state index contributed by atoms with van der Waals surface area (Å²) in [5, 5.41) is 8.11. The van der Waals surface area contributed by atoms with Crippen LogP contribution in [0.3, 0.4) is 0 Å². The Morgan fingerprint density at radius 2 is 1.65 bits per heavy atom. The summed E-state index contributed by atoms with van der Waals surface area (Å²) in [6.07, 6.45) is 0. The molecule has 0 bridgehead atoms. The Morgan fingerprint density at radius 1 is 1.10 bits per heavy atom. The number of urea groups is 1. The van der Waals surface area contributed by atoms with E-state index in [0.717, 1.165) is 0 Å². The number of nitrogens with one attached hydrogen (secondary N) is 3. The Hall–Kier alpha value is -2.08. The number of hydrogen-bond acceptors (Lipinski definition) is 3. The molecule has 6 heteroatoms. The van der Waals surface area contributed by atoms with E-state index in [4.69, 9.17) is 4.74 Å². The third kappa shape index (κ3) is 5.71. The fourth-order valence-corrected chi connectivity index (χ4v) is 1.37. The van der Waals surface area contributed by atoms with Crippen LogP contribution in [-0.2, 0) is 9.53 Å². The first-order valence-corrected chi connectivity index (χ1v) is 6.47. The van der Waals surface area contributed by atoms with Gasteiger partial charge in [-0.1, -0.05) is 13.8 Å². The van der Waals surface area contributed by atoms with E-state index in [1.54, 1.807) is 31.4 Å². The fraction of sp³-hybridized carbons (Fsp3) is 0.429. The van der Waals surface area contributed by atoms with Crippen molar-refractivity contribution in [2.75, 3.05) is 30.9 Å². The van der Waals surface area contributed by atoms with Gasteiger partial charge in [0.1, 0.15) is 0 Å². The van der Waals surface area contributed by atoms with Crippen molar-refractivity contribution in [3.63, 3.8) is 0 Å². The summed E-state index contributed by atoms with van der Waals surface area (Å²) in [6.45, 7) is 4.57. The lowest BCUT2D eigenvalue weighted by atomic mass is 10.2. The highest BCUT2D eigenvalue weighted by atomic mass is 16.5. The first-order chi connectivity index (χ1) is 9.52.